The van der Waals surface area contributed by atoms with Gasteiger partial charge in [0, 0.05) is 24.8 Å². The second-order valence-corrected chi connectivity index (χ2v) is 7.51. The van der Waals surface area contributed by atoms with E-state index in [4.69, 9.17) is 0 Å². The molecule has 0 saturated carbocycles. The highest BCUT2D eigenvalue weighted by molar-refractivity contribution is 7.90. The largest absolute Gasteiger partial charge is 0.322 e. The van der Waals surface area contributed by atoms with Gasteiger partial charge >= 0.3 is 0 Å². The first-order valence-corrected chi connectivity index (χ1v) is 8.64. The predicted molar refractivity (Wildman–Crippen MR) is 75.6 cm³/mol. The minimum atomic E-state index is -3.40. The third-order valence-electron chi connectivity index (χ3n) is 3.93. The van der Waals surface area contributed by atoms with Crippen molar-refractivity contribution < 1.29 is 22.8 Å². The third kappa shape index (κ3) is 2.39. The highest BCUT2D eigenvalue weighted by Crippen LogP contribution is 2.29. The molecular weight excluding hydrogens is 308 g/mol. The van der Waals surface area contributed by atoms with E-state index in [2.05, 4.69) is 5.32 Å². The van der Waals surface area contributed by atoms with Gasteiger partial charge in [0.1, 0.15) is 6.04 Å². The monoisotopic (exact) mass is 322 g/mol. The first kappa shape index (κ1) is 14.7. The Bertz CT molecular complexity index is 799. The van der Waals surface area contributed by atoms with Crippen LogP contribution in [0.3, 0.4) is 0 Å². The van der Waals surface area contributed by atoms with E-state index in [0.717, 1.165) is 6.26 Å². The van der Waals surface area contributed by atoms with Gasteiger partial charge in [-0.05, 0) is 24.1 Å². The van der Waals surface area contributed by atoms with E-state index in [-0.39, 0.29) is 36.1 Å². The van der Waals surface area contributed by atoms with Crippen LogP contribution >= 0.6 is 0 Å². The number of fused-ring (bicyclic) bond motifs is 1. The molecule has 0 bridgehead atoms. The van der Waals surface area contributed by atoms with Gasteiger partial charge < -0.3 is 4.90 Å². The van der Waals surface area contributed by atoms with Gasteiger partial charge in [0.2, 0.25) is 11.8 Å². The Kier molecular flexibility index (Phi) is 3.28. The SMILES string of the molecule is CS(=O)(=O)c1ccc2c(c1)C(=O)N(C1CCC(=O)NC1=O)C2. The van der Waals surface area contributed by atoms with Crippen molar-refractivity contribution >= 4 is 27.6 Å². The van der Waals surface area contributed by atoms with E-state index in [1.165, 1.54) is 17.0 Å². The van der Waals surface area contributed by atoms with Crippen molar-refractivity contribution in [2.45, 2.75) is 30.3 Å². The Hall–Kier alpha value is -2.22. The van der Waals surface area contributed by atoms with Crippen molar-refractivity contribution in [1.29, 1.82) is 0 Å². The van der Waals surface area contributed by atoms with E-state index in [1.807, 2.05) is 0 Å². The summed E-state index contributed by atoms with van der Waals surface area (Å²) in [6.45, 7) is 0.241. The number of hydrogen-bond acceptors (Lipinski definition) is 5. The van der Waals surface area contributed by atoms with Crippen LogP contribution in [0.25, 0.3) is 0 Å². The number of carbonyl (C=O) groups is 3. The van der Waals surface area contributed by atoms with Crippen LogP contribution in [0.2, 0.25) is 0 Å². The van der Waals surface area contributed by atoms with Gasteiger partial charge in [-0.25, -0.2) is 8.42 Å². The molecule has 2 aliphatic rings. The van der Waals surface area contributed by atoms with Crippen molar-refractivity contribution in [1.82, 2.24) is 10.2 Å². The molecule has 116 valence electrons. The van der Waals surface area contributed by atoms with E-state index in [1.54, 1.807) is 6.07 Å². The lowest BCUT2D eigenvalue weighted by molar-refractivity contribution is -0.136. The summed E-state index contributed by atoms with van der Waals surface area (Å²) in [7, 11) is -3.40. The summed E-state index contributed by atoms with van der Waals surface area (Å²) < 4.78 is 23.2. The number of carbonyl (C=O) groups excluding carboxylic acids is 3. The number of nitrogens with one attached hydrogen (secondary N) is 1. The number of nitrogens with zero attached hydrogens (tertiary/aromatic N) is 1. The van der Waals surface area contributed by atoms with E-state index in [0.29, 0.717) is 11.1 Å². The Balaban J connectivity index is 1.92. The minimum absolute atomic E-state index is 0.0738. The van der Waals surface area contributed by atoms with Crippen LogP contribution in [-0.2, 0) is 26.0 Å². The Morgan fingerprint density at radius 1 is 1.23 bits per heavy atom. The average molecular weight is 322 g/mol. The molecule has 8 heteroatoms. The molecule has 2 aliphatic heterocycles. The van der Waals surface area contributed by atoms with Gasteiger partial charge in [-0.15, -0.1) is 0 Å². The number of hydrogen-bond donors (Lipinski definition) is 1. The maximum absolute atomic E-state index is 12.5. The van der Waals surface area contributed by atoms with E-state index < -0.39 is 21.8 Å². The number of rotatable bonds is 2. The molecule has 1 fully saturated rings. The summed E-state index contributed by atoms with van der Waals surface area (Å²) in [6.07, 6.45) is 1.54. The number of piperidine rings is 1. The minimum Gasteiger partial charge on any atom is -0.322 e. The van der Waals surface area contributed by atoms with Crippen LogP contribution in [-0.4, -0.2) is 43.3 Å². The third-order valence-corrected chi connectivity index (χ3v) is 5.04. The lowest BCUT2D eigenvalue weighted by Gasteiger charge is -2.29. The van der Waals surface area contributed by atoms with Crippen LogP contribution < -0.4 is 5.32 Å². The van der Waals surface area contributed by atoms with Crippen molar-refractivity contribution in [3.63, 3.8) is 0 Å². The zero-order valence-electron chi connectivity index (χ0n) is 11.8. The molecule has 2 heterocycles. The number of amides is 3. The van der Waals surface area contributed by atoms with Crippen LogP contribution in [0.5, 0.6) is 0 Å². The summed E-state index contributed by atoms with van der Waals surface area (Å²) in [5.41, 5.74) is 0.981. The molecule has 1 saturated heterocycles. The van der Waals surface area contributed by atoms with Gasteiger partial charge in [0.15, 0.2) is 9.84 Å². The first-order valence-electron chi connectivity index (χ1n) is 6.75. The molecule has 22 heavy (non-hydrogen) atoms. The van der Waals surface area contributed by atoms with E-state index in [9.17, 15) is 22.8 Å². The molecule has 1 unspecified atom stereocenters. The molecule has 0 aromatic heterocycles. The molecule has 3 rings (SSSR count). The Labute approximate surface area is 127 Å². The van der Waals surface area contributed by atoms with Gasteiger partial charge in [0.05, 0.1) is 4.90 Å². The second kappa shape index (κ2) is 4.91. The number of sulfone groups is 1. The fraction of sp³-hybridized carbons (Fsp3) is 0.357. The zero-order valence-corrected chi connectivity index (χ0v) is 12.6. The number of imide groups is 1. The van der Waals surface area contributed by atoms with Crippen molar-refractivity contribution in [3.05, 3.63) is 29.3 Å². The van der Waals surface area contributed by atoms with E-state index >= 15 is 0 Å². The predicted octanol–water partition coefficient (Wildman–Crippen LogP) is -0.149. The van der Waals surface area contributed by atoms with Gasteiger partial charge in [-0.1, -0.05) is 6.07 Å². The molecule has 1 aromatic carbocycles. The fourth-order valence-corrected chi connectivity index (χ4v) is 3.41. The Morgan fingerprint density at radius 2 is 1.95 bits per heavy atom. The molecule has 0 spiro atoms. The normalized spacial score (nSPS) is 21.8. The summed E-state index contributed by atoms with van der Waals surface area (Å²) in [5.74, 6) is -1.21. The van der Waals surface area contributed by atoms with Crippen LogP contribution in [0, 0.1) is 0 Å². The highest BCUT2D eigenvalue weighted by Gasteiger charge is 2.39. The Morgan fingerprint density at radius 3 is 2.59 bits per heavy atom. The average Bonchev–Trinajstić information content (AvgIpc) is 2.75. The summed E-state index contributed by atoms with van der Waals surface area (Å²) >= 11 is 0. The smallest absolute Gasteiger partial charge is 0.255 e. The summed E-state index contributed by atoms with van der Waals surface area (Å²) in [5, 5.41) is 2.22. The lowest BCUT2D eigenvalue weighted by Crippen LogP contribution is -2.52. The number of benzene rings is 1. The van der Waals surface area contributed by atoms with Crippen LogP contribution in [0.15, 0.2) is 23.1 Å². The van der Waals surface area contributed by atoms with Crippen LogP contribution in [0.4, 0.5) is 0 Å². The topological polar surface area (TPSA) is 101 Å². The quantitative estimate of drug-likeness (QED) is 0.763. The summed E-state index contributed by atoms with van der Waals surface area (Å²) in [4.78, 5) is 37.0. The second-order valence-electron chi connectivity index (χ2n) is 5.49. The fourth-order valence-electron chi connectivity index (χ4n) is 2.76. The molecule has 1 aromatic rings. The van der Waals surface area contributed by atoms with Crippen molar-refractivity contribution in [3.8, 4) is 0 Å². The van der Waals surface area contributed by atoms with Crippen LogP contribution in [0.1, 0.15) is 28.8 Å². The van der Waals surface area contributed by atoms with Gasteiger partial charge in [-0.2, -0.15) is 0 Å². The molecule has 0 radical (unpaired) electrons. The molecule has 0 aliphatic carbocycles. The standard InChI is InChI=1S/C14H14N2O5S/c1-22(20,21)9-3-2-8-7-16(14(19)10(8)6-9)11-4-5-12(17)15-13(11)18/h2-3,6,11H,4-5,7H2,1H3,(H,15,17,18). The highest BCUT2D eigenvalue weighted by atomic mass is 32.2. The molecule has 7 nitrogen and oxygen atoms in total. The summed E-state index contributed by atoms with van der Waals surface area (Å²) in [6, 6.07) is 3.70. The van der Waals surface area contributed by atoms with Gasteiger partial charge in [0.25, 0.3) is 5.91 Å². The van der Waals surface area contributed by atoms with Crippen molar-refractivity contribution in [2.24, 2.45) is 0 Å². The lowest BCUT2D eigenvalue weighted by atomic mass is 10.0. The first-order chi connectivity index (χ1) is 10.3. The zero-order chi connectivity index (χ0) is 16.1. The maximum atomic E-state index is 12.5. The maximum Gasteiger partial charge on any atom is 0.255 e. The molecule has 1 atom stereocenters. The molecule has 1 N–H and O–H groups in total. The molecular formula is C14H14N2O5S. The van der Waals surface area contributed by atoms with Gasteiger partial charge in [-0.3, -0.25) is 19.7 Å². The molecule has 3 amide bonds. The van der Waals surface area contributed by atoms with Crippen molar-refractivity contribution in [2.75, 3.05) is 6.26 Å².